The molecule has 0 spiro atoms. The molecule has 0 aliphatic heterocycles. The summed E-state index contributed by atoms with van der Waals surface area (Å²) < 4.78 is 0. The second kappa shape index (κ2) is 6.31. The molecule has 0 aliphatic rings. The van der Waals surface area contributed by atoms with Crippen LogP contribution >= 0.6 is 0 Å². The smallest absolute Gasteiger partial charge is 0.0528 e. The molecule has 0 saturated heterocycles. The van der Waals surface area contributed by atoms with Gasteiger partial charge in [-0.3, -0.25) is 0 Å². The largest absolute Gasteiger partial charge is 0.395 e. The van der Waals surface area contributed by atoms with E-state index in [-0.39, 0.29) is 12.0 Å². The van der Waals surface area contributed by atoms with Crippen molar-refractivity contribution in [3.63, 3.8) is 0 Å². The van der Waals surface area contributed by atoms with Gasteiger partial charge in [0, 0.05) is 25.2 Å². The van der Waals surface area contributed by atoms with E-state index < -0.39 is 0 Å². The summed E-state index contributed by atoms with van der Waals surface area (Å²) in [5, 5.41) is 9.90. The highest BCUT2D eigenvalue weighted by atomic mass is 16.3. The van der Waals surface area contributed by atoms with Gasteiger partial charge in [0.2, 0.25) is 0 Å². The SMILES string of the molecule is Cc1ccc(C(C)(CO)Cc2ccc(N(C)C)cc2)cc1. The van der Waals surface area contributed by atoms with Gasteiger partial charge in [0.05, 0.1) is 6.61 Å². The topological polar surface area (TPSA) is 23.5 Å². The van der Waals surface area contributed by atoms with Gasteiger partial charge in [-0.05, 0) is 36.6 Å². The monoisotopic (exact) mass is 283 g/mol. The number of anilines is 1. The van der Waals surface area contributed by atoms with Gasteiger partial charge in [0.15, 0.2) is 0 Å². The van der Waals surface area contributed by atoms with Crippen LogP contribution in [0.4, 0.5) is 5.69 Å². The number of rotatable bonds is 5. The van der Waals surface area contributed by atoms with Crippen LogP contribution in [0.25, 0.3) is 0 Å². The number of aryl methyl sites for hydroxylation is 1. The summed E-state index contributed by atoms with van der Waals surface area (Å²) >= 11 is 0. The molecule has 112 valence electrons. The first-order chi connectivity index (χ1) is 9.94. The summed E-state index contributed by atoms with van der Waals surface area (Å²) in [6.07, 6.45) is 0.834. The Morgan fingerprint density at radius 1 is 0.952 bits per heavy atom. The Kier molecular flexibility index (Phi) is 4.69. The second-order valence-electron chi connectivity index (χ2n) is 6.32. The van der Waals surface area contributed by atoms with Crippen molar-refractivity contribution in [3.05, 3.63) is 65.2 Å². The lowest BCUT2D eigenvalue weighted by atomic mass is 9.78. The molecule has 0 fully saturated rings. The molecular formula is C19H25NO. The molecule has 0 aliphatic carbocycles. The van der Waals surface area contributed by atoms with Gasteiger partial charge in [0.1, 0.15) is 0 Å². The summed E-state index contributed by atoms with van der Waals surface area (Å²) in [4.78, 5) is 2.09. The van der Waals surface area contributed by atoms with Crippen molar-refractivity contribution in [2.45, 2.75) is 25.7 Å². The van der Waals surface area contributed by atoms with Gasteiger partial charge < -0.3 is 10.0 Å². The van der Waals surface area contributed by atoms with Crippen LogP contribution < -0.4 is 4.90 Å². The van der Waals surface area contributed by atoms with Gasteiger partial charge in [-0.25, -0.2) is 0 Å². The van der Waals surface area contributed by atoms with Crippen molar-refractivity contribution in [3.8, 4) is 0 Å². The molecule has 2 heteroatoms. The van der Waals surface area contributed by atoms with E-state index in [9.17, 15) is 5.11 Å². The van der Waals surface area contributed by atoms with Crippen LogP contribution in [0.3, 0.4) is 0 Å². The molecule has 2 rings (SSSR count). The molecule has 0 aromatic heterocycles. The molecular weight excluding hydrogens is 258 g/mol. The van der Waals surface area contributed by atoms with E-state index in [0.29, 0.717) is 0 Å². The van der Waals surface area contributed by atoms with Crippen LogP contribution in [-0.4, -0.2) is 25.8 Å². The van der Waals surface area contributed by atoms with Crippen molar-refractivity contribution in [1.29, 1.82) is 0 Å². The molecule has 1 atom stereocenters. The number of benzene rings is 2. The van der Waals surface area contributed by atoms with Crippen molar-refractivity contribution < 1.29 is 5.11 Å². The Morgan fingerprint density at radius 3 is 2.00 bits per heavy atom. The molecule has 2 aromatic carbocycles. The Balaban J connectivity index is 2.23. The molecule has 0 radical (unpaired) electrons. The highest BCUT2D eigenvalue weighted by Gasteiger charge is 2.26. The highest BCUT2D eigenvalue weighted by Crippen LogP contribution is 2.28. The summed E-state index contributed by atoms with van der Waals surface area (Å²) in [6.45, 7) is 4.35. The first-order valence-electron chi connectivity index (χ1n) is 7.39. The minimum atomic E-state index is -0.243. The number of aliphatic hydroxyl groups is 1. The van der Waals surface area contributed by atoms with Crippen molar-refractivity contribution in [2.75, 3.05) is 25.6 Å². The van der Waals surface area contributed by atoms with E-state index in [1.807, 2.05) is 14.1 Å². The highest BCUT2D eigenvalue weighted by molar-refractivity contribution is 5.46. The predicted octanol–water partition coefficient (Wildman–Crippen LogP) is 3.55. The minimum Gasteiger partial charge on any atom is -0.395 e. The molecule has 0 saturated carbocycles. The fourth-order valence-corrected chi connectivity index (χ4v) is 2.57. The third-order valence-corrected chi connectivity index (χ3v) is 4.14. The van der Waals surface area contributed by atoms with E-state index >= 15 is 0 Å². The molecule has 0 amide bonds. The van der Waals surface area contributed by atoms with Crippen molar-refractivity contribution in [1.82, 2.24) is 0 Å². The fourth-order valence-electron chi connectivity index (χ4n) is 2.57. The minimum absolute atomic E-state index is 0.144. The Hall–Kier alpha value is -1.80. The van der Waals surface area contributed by atoms with E-state index in [4.69, 9.17) is 0 Å². The quantitative estimate of drug-likeness (QED) is 0.907. The molecule has 1 unspecified atom stereocenters. The lowest BCUT2D eigenvalue weighted by Crippen LogP contribution is -2.29. The number of aliphatic hydroxyl groups excluding tert-OH is 1. The Morgan fingerprint density at radius 2 is 1.52 bits per heavy atom. The predicted molar refractivity (Wildman–Crippen MR) is 90.1 cm³/mol. The van der Waals surface area contributed by atoms with Gasteiger partial charge in [0.25, 0.3) is 0 Å². The maximum absolute atomic E-state index is 9.90. The summed E-state index contributed by atoms with van der Waals surface area (Å²) in [5.74, 6) is 0. The van der Waals surface area contributed by atoms with Crippen molar-refractivity contribution >= 4 is 5.69 Å². The van der Waals surface area contributed by atoms with Crippen LogP contribution in [0, 0.1) is 6.92 Å². The average molecular weight is 283 g/mol. The number of hydrogen-bond acceptors (Lipinski definition) is 2. The second-order valence-corrected chi connectivity index (χ2v) is 6.32. The first kappa shape index (κ1) is 15.6. The zero-order valence-electron chi connectivity index (χ0n) is 13.4. The van der Waals surface area contributed by atoms with Crippen LogP contribution in [0.2, 0.25) is 0 Å². The third-order valence-electron chi connectivity index (χ3n) is 4.14. The summed E-state index contributed by atoms with van der Waals surface area (Å²) in [6, 6.07) is 17.0. The molecule has 0 bridgehead atoms. The molecule has 0 heterocycles. The zero-order valence-corrected chi connectivity index (χ0v) is 13.4. The van der Waals surface area contributed by atoms with Gasteiger partial charge in [-0.1, -0.05) is 48.9 Å². The lowest BCUT2D eigenvalue weighted by Gasteiger charge is -2.28. The Bertz CT molecular complexity index is 572. The van der Waals surface area contributed by atoms with E-state index in [0.717, 1.165) is 6.42 Å². The molecule has 2 nitrogen and oxygen atoms in total. The molecule has 1 N–H and O–H groups in total. The third kappa shape index (κ3) is 3.64. The first-order valence-corrected chi connectivity index (χ1v) is 7.39. The van der Waals surface area contributed by atoms with Crippen LogP contribution in [0.15, 0.2) is 48.5 Å². The van der Waals surface area contributed by atoms with E-state index in [1.54, 1.807) is 0 Å². The van der Waals surface area contributed by atoms with Crippen LogP contribution in [0.1, 0.15) is 23.6 Å². The summed E-state index contributed by atoms with van der Waals surface area (Å²) in [5.41, 5.74) is 4.63. The van der Waals surface area contributed by atoms with E-state index in [1.165, 1.54) is 22.4 Å². The van der Waals surface area contributed by atoms with Crippen LogP contribution in [-0.2, 0) is 11.8 Å². The van der Waals surface area contributed by atoms with Gasteiger partial charge >= 0.3 is 0 Å². The lowest BCUT2D eigenvalue weighted by molar-refractivity contribution is 0.204. The van der Waals surface area contributed by atoms with E-state index in [2.05, 4.69) is 67.3 Å². The zero-order chi connectivity index (χ0) is 15.5. The summed E-state index contributed by atoms with van der Waals surface area (Å²) in [7, 11) is 4.08. The maximum atomic E-state index is 9.90. The molecule has 2 aromatic rings. The van der Waals surface area contributed by atoms with Gasteiger partial charge in [-0.2, -0.15) is 0 Å². The maximum Gasteiger partial charge on any atom is 0.0528 e. The standard InChI is InChI=1S/C19H25NO/c1-15-5-9-17(10-6-15)19(2,14-21)13-16-7-11-18(12-8-16)20(3)4/h5-12,21H,13-14H2,1-4H3. The number of hydrogen-bond donors (Lipinski definition) is 1. The average Bonchev–Trinajstić information content (AvgIpc) is 2.48. The van der Waals surface area contributed by atoms with Gasteiger partial charge in [-0.15, -0.1) is 0 Å². The normalized spacial score (nSPS) is 13.8. The Labute approximate surface area is 128 Å². The van der Waals surface area contributed by atoms with Crippen molar-refractivity contribution in [2.24, 2.45) is 0 Å². The van der Waals surface area contributed by atoms with Crippen LogP contribution in [0.5, 0.6) is 0 Å². The fraction of sp³-hybridized carbons (Fsp3) is 0.368. The molecule has 21 heavy (non-hydrogen) atoms. The number of nitrogens with zero attached hydrogens (tertiary/aromatic N) is 1.